The predicted octanol–water partition coefficient (Wildman–Crippen LogP) is 4.93. The summed E-state index contributed by atoms with van der Waals surface area (Å²) >= 11 is 0. The van der Waals surface area contributed by atoms with Gasteiger partial charge in [0.25, 0.3) is 0 Å². The first-order valence-corrected chi connectivity index (χ1v) is 17.5. The molecule has 6 fully saturated rings. The van der Waals surface area contributed by atoms with Gasteiger partial charge in [0, 0.05) is 82.8 Å². The largest absolute Gasteiger partial charge is 0.426 e. The molecule has 6 saturated heterocycles. The molecule has 188 valence electrons. The van der Waals surface area contributed by atoms with Crippen molar-refractivity contribution in [3.8, 4) is 0 Å². The fourth-order valence-corrected chi connectivity index (χ4v) is 17.9. The van der Waals surface area contributed by atoms with Crippen LogP contribution in [0.3, 0.4) is 0 Å². The average molecular weight is 499 g/mol. The van der Waals surface area contributed by atoms with Gasteiger partial charge in [0.15, 0.2) is 0 Å². The standard InChI is InChI=1S/C24H48N6OP2/c1-2-14-25(13-1)32(26-15-3-4-16-26,27-17-5-6-18-27)31-33(28-19-7-8-20-28,29-21-9-10-22-29)30-23-11-12-24-30/h1-24H2/q+2. The van der Waals surface area contributed by atoms with Gasteiger partial charge < -0.3 is 0 Å². The molecular formula is C24H48N6OP2+2. The fraction of sp³-hybridized carbons (Fsp3) is 1.00. The van der Waals surface area contributed by atoms with Crippen LogP contribution < -0.4 is 0 Å². The summed E-state index contributed by atoms with van der Waals surface area (Å²) in [4.78, 5) is 0. The minimum atomic E-state index is -1.99. The van der Waals surface area contributed by atoms with Crippen molar-refractivity contribution < 1.29 is 4.31 Å². The van der Waals surface area contributed by atoms with Crippen molar-refractivity contribution in [2.24, 2.45) is 0 Å². The monoisotopic (exact) mass is 498 g/mol. The molecule has 0 N–H and O–H groups in total. The normalized spacial score (nSPS) is 30.5. The second-order valence-corrected chi connectivity index (χ2v) is 17.2. The molecule has 0 aliphatic carbocycles. The van der Waals surface area contributed by atoms with Crippen LogP contribution >= 0.6 is 15.9 Å². The van der Waals surface area contributed by atoms with Gasteiger partial charge in [0.1, 0.15) is 0 Å². The summed E-state index contributed by atoms with van der Waals surface area (Å²) in [5.41, 5.74) is 0. The van der Waals surface area contributed by atoms with Gasteiger partial charge in [-0.25, -0.2) is 0 Å². The Morgan fingerprint density at radius 1 is 0.273 bits per heavy atom. The van der Waals surface area contributed by atoms with Crippen LogP contribution in [0.5, 0.6) is 0 Å². The molecule has 0 aromatic heterocycles. The zero-order valence-corrected chi connectivity index (χ0v) is 22.7. The highest BCUT2D eigenvalue weighted by atomic mass is 31.3. The molecule has 0 radical (unpaired) electrons. The van der Waals surface area contributed by atoms with Gasteiger partial charge >= 0.3 is 15.9 Å². The highest BCUT2D eigenvalue weighted by Crippen LogP contribution is 2.85. The van der Waals surface area contributed by atoms with E-state index in [2.05, 4.69) is 28.0 Å². The molecule has 0 spiro atoms. The van der Waals surface area contributed by atoms with E-state index >= 15 is 0 Å². The molecule has 0 aromatic carbocycles. The average Bonchev–Trinajstić information content (AvgIpc) is 3.72. The van der Waals surface area contributed by atoms with Crippen molar-refractivity contribution in [2.45, 2.75) is 77.0 Å². The van der Waals surface area contributed by atoms with E-state index in [1.807, 2.05) is 0 Å². The minimum Gasteiger partial charge on any atom is -0.119 e. The Labute approximate surface area is 203 Å². The second kappa shape index (κ2) is 10.5. The quantitative estimate of drug-likeness (QED) is 0.438. The lowest BCUT2D eigenvalue weighted by molar-refractivity contribution is 0.240. The summed E-state index contributed by atoms with van der Waals surface area (Å²) in [7, 11) is -3.99. The van der Waals surface area contributed by atoms with Crippen molar-refractivity contribution >= 4 is 15.9 Å². The van der Waals surface area contributed by atoms with E-state index in [0.29, 0.717) is 0 Å². The first-order chi connectivity index (χ1) is 16.3. The lowest BCUT2D eigenvalue weighted by Gasteiger charge is -2.46. The maximum Gasteiger partial charge on any atom is 0.426 e. The van der Waals surface area contributed by atoms with E-state index in [4.69, 9.17) is 4.31 Å². The third-order valence-corrected chi connectivity index (χ3v) is 17.5. The summed E-state index contributed by atoms with van der Waals surface area (Å²) in [6.07, 6.45) is 16.3. The van der Waals surface area contributed by atoms with Crippen LogP contribution in [0.25, 0.3) is 0 Å². The van der Waals surface area contributed by atoms with Crippen LogP contribution in [-0.2, 0) is 4.31 Å². The minimum absolute atomic E-state index is 1.25. The molecule has 6 heterocycles. The van der Waals surface area contributed by atoms with Crippen LogP contribution in [0.15, 0.2) is 0 Å². The Kier molecular flexibility index (Phi) is 7.63. The van der Waals surface area contributed by atoms with Crippen molar-refractivity contribution in [1.82, 2.24) is 28.0 Å². The molecule has 0 unspecified atom stereocenters. The fourth-order valence-electron chi connectivity index (χ4n) is 7.30. The second-order valence-electron chi connectivity index (χ2n) is 11.1. The molecule has 0 bridgehead atoms. The molecule has 6 aliphatic rings. The third-order valence-electron chi connectivity index (χ3n) is 8.92. The molecule has 9 heteroatoms. The summed E-state index contributed by atoms with van der Waals surface area (Å²) in [6.45, 7) is 15.0. The van der Waals surface area contributed by atoms with Gasteiger partial charge in [-0.15, -0.1) is 28.0 Å². The van der Waals surface area contributed by atoms with Crippen LogP contribution in [0.2, 0.25) is 0 Å². The summed E-state index contributed by atoms with van der Waals surface area (Å²) in [5.74, 6) is 0. The van der Waals surface area contributed by atoms with E-state index in [0.717, 1.165) is 0 Å². The van der Waals surface area contributed by atoms with Gasteiger partial charge in [-0.05, 0) is 77.0 Å². The highest BCUT2D eigenvalue weighted by molar-refractivity contribution is 7.77. The topological polar surface area (TPSA) is 28.7 Å². The van der Waals surface area contributed by atoms with Gasteiger partial charge in [-0.2, -0.15) is 0 Å². The van der Waals surface area contributed by atoms with E-state index in [1.165, 1.54) is 156 Å². The maximum atomic E-state index is 8.31. The van der Waals surface area contributed by atoms with Gasteiger partial charge in [-0.3, -0.25) is 0 Å². The highest BCUT2D eigenvalue weighted by Gasteiger charge is 2.75. The number of hydrogen-bond donors (Lipinski definition) is 0. The van der Waals surface area contributed by atoms with Crippen LogP contribution in [0, 0.1) is 0 Å². The molecular weight excluding hydrogens is 450 g/mol. The maximum absolute atomic E-state index is 8.31. The lowest BCUT2D eigenvalue weighted by atomic mass is 10.4. The SMILES string of the molecule is C1CCN([P+](O[P+](N2CCCC2)(N2CCCC2)N2CCCC2)(N2CCCC2)N2CCCC2)C1. The van der Waals surface area contributed by atoms with E-state index in [-0.39, 0.29) is 0 Å². The van der Waals surface area contributed by atoms with Gasteiger partial charge in [0.05, 0.1) is 0 Å². The summed E-state index contributed by atoms with van der Waals surface area (Å²) < 4.78 is 25.8. The zero-order valence-electron chi connectivity index (χ0n) is 21.0. The Bertz CT molecular complexity index is 499. The predicted molar refractivity (Wildman–Crippen MR) is 140 cm³/mol. The molecule has 33 heavy (non-hydrogen) atoms. The van der Waals surface area contributed by atoms with Gasteiger partial charge in [0.2, 0.25) is 0 Å². The molecule has 6 aliphatic heterocycles. The first-order valence-electron chi connectivity index (χ1n) is 14.4. The third kappa shape index (κ3) is 4.26. The molecule has 0 amide bonds. The van der Waals surface area contributed by atoms with Crippen molar-refractivity contribution in [2.75, 3.05) is 78.5 Å². The lowest BCUT2D eigenvalue weighted by Crippen LogP contribution is -2.49. The van der Waals surface area contributed by atoms with E-state index in [1.54, 1.807) is 0 Å². The molecule has 0 saturated carbocycles. The smallest absolute Gasteiger partial charge is 0.119 e. The Morgan fingerprint density at radius 2 is 0.424 bits per heavy atom. The summed E-state index contributed by atoms with van der Waals surface area (Å²) in [5, 5.41) is 0. The number of rotatable bonds is 8. The molecule has 6 rings (SSSR count). The molecule has 0 atom stereocenters. The van der Waals surface area contributed by atoms with Crippen LogP contribution in [0.1, 0.15) is 77.0 Å². The zero-order chi connectivity index (χ0) is 22.1. The van der Waals surface area contributed by atoms with Crippen molar-refractivity contribution in [1.29, 1.82) is 0 Å². The van der Waals surface area contributed by atoms with Crippen molar-refractivity contribution in [3.63, 3.8) is 0 Å². The first kappa shape index (κ1) is 23.9. The van der Waals surface area contributed by atoms with Crippen molar-refractivity contribution in [3.05, 3.63) is 0 Å². The number of hydrogen-bond acceptors (Lipinski definition) is 7. The van der Waals surface area contributed by atoms with Gasteiger partial charge in [-0.1, -0.05) is 0 Å². The molecule has 0 aromatic rings. The van der Waals surface area contributed by atoms with E-state index in [9.17, 15) is 0 Å². The number of nitrogens with zero attached hydrogens (tertiary/aromatic N) is 6. The summed E-state index contributed by atoms with van der Waals surface area (Å²) in [6, 6.07) is 0. The molecule has 7 nitrogen and oxygen atoms in total. The van der Waals surface area contributed by atoms with Crippen LogP contribution in [-0.4, -0.2) is 107 Å². The Balaban J connectivity index is 1.47. The Hall–Kier alpha value is 0.580. The Morgan fingerprint density at radius 3 is 0.576 bits per heavy atom. The van der Waals surface area contributed by atoms with E-state index < -0.39 is 15.9 Å². The van der Waals surface area contributed by atoms with Crippen LogP contribution in [0.4, 0.5) is 0 Å².